The van der Waals surface area contributed by atoms with Gasteiger partial charge < -0.3 is 5.32 Å². The van der Waals surface area contributed by atoms with E-state index in [2.05, 4.69) is 10.4 Å². The third kappa shape index (κ3) is 4.13. The van der Waals surface area contributed by atoms with Gasteiger partial charge in [0.15, 0.2) is 0 Å². The Balaban J connectivity index is 1.88. The number of carbonyl (C=O) groups is 1. The van der Waals surface area contributed by atoms with Crippen LogP contribution in [0.25, 0.3) is 0 Å². The van der Waals surface area contributed by atoms with E-state index in [0.29, 0.717) is 27.3 Å². The van der Waals surface area contributed by atoms with Crippen LogP contribution < -0.4 is 5.32 Å². The molecule has 0 fully saturated rings. The van der Waals surface area contributed by atoms with Gasteiger partial charge in [0.05, 0.1) is 21.3 Å². The van der Waals surface area contributed by atoms with Crippen molar-refractivity contribution in [1.29, 1.82) is 0 Å². The second kappa shape index (κ2) is 6.28. The monoisotopic (exact) mass is 317 g/mol. The van der Waals surface area contributed by atoms with Crippen molar-refractivity contribution in [2.45, 2.75) is 13.0 Å². The van der Waals surface area contributed by atoms with E-state index in [0.717, 1.165) is 0 Å². The molecule has 0 aliphatic rings. The van der Waals surface area contributed by atoms with Crippen LogP contribution in [0.3, 0.4) is 0 Å². The largest absolute Gasteiger partial charge is 0.326 e. The van der Waals surface area contributed by atoms with Gasteiger partial charge in [0.25, 0.3) is 0 Å². The predicted molar refractivity (Wildman–Crippen MR) is 76.9 cm³/mol. The van der Waals surface area contributed by atoms with Gasteiger partial charge in [0, 0.05) is 24.8 Å². The first-order valence-electron chi connectivity index (χ1n) is 5.47. The Bertz CT molecular complexity index is 598. The van der Waals surface area contributed by atoms with Gasteiger partial charge in [-0.2, -0.15) is 5.10 Å². The molecule has 0 aliphatic heterocycles. The first kappa shape index (κ1) is 14.2. The summed E-state index contributed by atoms with van der Waals surface area (Å²) < 4.78 is 1.61. The molecule has 7 heteroatoms. The molecule has 0 unspecified atom stereocenters. The molecule has 1 aromatic carbocycles. The fourth-order valence-electron chi connectivity index (χ4n) is 1.47. The molecule has 100 valence electrons. The highest BCUT2D eigenvalue weighted by Crippen LogP contribution is 2.25. The zero-order chi connectivity index (χ0) is 13.8. The van der Waals surface area contributed by atoms with Crippen LogP contribution in [-0.2, 0) is 11.3 Å². The summed E-state index contributed by atoms with van der Waals surface area (Å²) in [6.45, 7) is 0.458. The summed E-state index contributed by atoms with van der Waals surface area (Å²) in [7, 11) is 0. The van der Waals surface area contributed by atoms with Crippen molar-refractivity contribution in [3.63, 3.8) is 0 Å². The van der Waals surface area contributed by atoms with Gasteiger partial charge in [-0.25, -0.2) is 0 Å². The topological polar surface area (TPSA) is 46.9 Å². The fourth-order valence-corrected chi connectivity index (χ4v) is 1.93. The molecule has 0 saturated carbocycles. The Hall–Kier alpha value is -1.23. The Morgan fingerprint density at radius 1 is 1.26 bits per heavy atom. The molecule has 2 rings (SSSR count). The maximum Gasteiger partial charge on any atom is 0.226 e. The van der Waals surface area contributed by atoms with Crippen molar-refractivity contribution < 1.29 is 4.79 Å². The normalized spacial score (nSPS) is 10.5. The number of anilines is 1. The van der Waals surface area contributed by atoms with E-state index in [1.165, 1.54) is 6.20 Å². The number of nitrogens with zero attached hydrogens (tertiary/aromatic N) is 2. The van der Waals surface area contributed by atoms with Crippen molar-refractivity contribution in [2.24, 2.45) is 0 Å². The number of halogens is 3. The number of aromatic nitrogens is 2. The molecule has 0 atom stereocenters. The lowest BCUT2D eigenvalue weighted by Gasteiger charge is -2.06. The Kier molecular flexibility index (Phi) is 4.69. The molecule has 1 amide bonds. The van der Waals surface area contributed by atoms with Crippen LogP contribution in [0.2, 0.25) is 15.1 Å². The standard InChI is InChI=1S/C12H10Cl3N3O/c13-8-6-16-18(7-8)4-3-12(19)17-9-1-2-10(14)11(15)5-9/h1-2,5-7H,3-4H2,(H,17,19). The maximum atomic E-state index is 11.7. The second-order valence-corrected chi connectivity index (χ2v) is 5.10. The van der Waals surface area contributed by atoms with Crippen LogP contribution in [0.5, 0.6) is 0 Å². The molecule has 2 aromatic rings. The summed E-state index contributed by atoms with van der Waals surface area (Å²) in [5.41, 5.74) is 0.609. The molecule has 0 bridgehead atoms. The van der Waals surface area contributed by atoms with Gasteiger partial charge in [-0.1, -0.05) is 34.8 Å². The fraction of sp³-hybridized carbons (Fsp3) is 0.167. The first-order valence-corrected chi connectivity index (χ1v) is 6.61. The highest BCUT2D eigenvalue weighted by Gasteiger charge is 2.05. The van der Waals surface area contributed by atoms with Crippen LogP contribution in [0, 0.1) is 0 Å². The van der Waals surface area contributed by atoms with E-state index in [1.807, 2.05) is 0 Å². The summed E-state index contributed by atoms with van der Waals surface area (Å²) >= 11 is 17.4. The molecule has 4 nitrogen and oxygen atoms in total. The van der Waals surface area contributed by atoms with Gasteiger partial charge in [0.1, 0.15) is 0 Å². The van der Waals surface area contributed by atoms with Gasteiger partial charge in [0.2, 0.25) is 5.91 Å². The molecule has 0 saturated heterocycles. The molecule has 0 aliphatic carbocycles. The molecule has 0 spiro atoms. The van der Waals surface area contributed by atoms with Crippen molar-refractivity contribution in [3.05, 3.63) is 45.7 Å². The SMILES string of the molecule is O=C(CCn1cc(Cl)cn1)Nc1ccc(Cl)c(Cl)c1. The number of aryl methyl sites for hydroxylation is 1. The molecule has 0 radical (unpaired) electrons. The van der Waals surface area contributed by atoms with Crippen LogP contribution >= 0.6 is 34.8 Å². The Morgan fingerprint density at radius 2 is 2.05 bits per heavy atom. The van der Waals surface area contributed by atoms with E-state index >= 15 is 0 Å². The second-order valence-electron chi connectivity index (χ2n) is 3.85. The van der Waals surface area contributed by atoms with Crippen molar-refractivity contribution in [3.8, 4) is 0 Å². The van der Waals surface area contributed by atoms with Crippen molar-refractivity contribution >= 4 is 46.4 Å². The van der Waals surface area contributed by atoms with Gasteiger partial charge in [-0.05, 0) is 18.2 Å². The summed E-state index contributed by atoms with van der Waals surface area (Å²) in [5.74, 6) is -0.134. The number of benzene rings is 1. The molecular weight excluding hydrogens is 309 g/mol. The van der Waals surface area contributed by atoms with Crippen molar-refractivity contribution in [2.75, 3.05) is 5.32 Å². The zero-order valence-corrected chi connectivity index (χ0v) is 12.0. The lowest BCUT2D eigenvalue weighted by molar-refractivity contribution is -0.116. The summed E-state index contributed by atoms with van der Waals surface area (Å²) in [4.78, 5) is 11.7. The van der Waals surface area contributed by atoms with E-state index in [-0.39, 0.29) is 12.3 Å². The van der Waals surface area contributed by atoms with Crippen molar-refractivity contribution in [1.82, 2.24) is 9.78 Å². The smallest absolute Gasteiger partial charge is 0.226 e. The lowest BCUT2D eigenvalue weighted by atomic mass is 10.3. The quantitative estimate of drug-likeness (QED) is 0.930. The van der Waals surface area contributed by atoms with Crippen LogP contribution in [0.1, 0.15) is 6.42 Å². The number of nitrogens with one attached hydrogen (secondary N) is 1. The number of rotatable bonds is 4. The summed E-state index contributed by atoms with van der Waals surface area (Å²) in [6, 6.07) is 4.93. The number of hydrogen-bond donors (Lipinski definition) is 1. The van der Waals surface area contributed by atoms with Gasteiger partial charge >= 0.3 is 0 Å². The average Bonchev–Trinajstić information content (AvgIpc) is 2.77. The predicted octanol–water partition coefficient (Wildman–Crippen LogP) is 3.87. The van der Waals surface area contributed by atoms with Crippen LogP contribution in [0.15, 0.2) is 30.6 Å². The molecule has 1 heterocycles. The number of carbonyl (C=O) groups excluding carboxylic acids is 1. The minimum absolute atomic E-state index is 0.134. The minimum Gasteiger partial charge on any atom is -0.326 e. The summed E-state index contributed by atoms with van der Waals surface area (Å²) in [6.07, 6.45) is 3.48. The number of hydrogen-bond acceptors (Lipinski definition) is 2. The zero-order valence-electron chi connectivity index (χ0n) is 9.74. The minimum atomic E-state index is -0.134. The first-order chi connectivity index (χ1) is 9.04. The Labute approximate surface area is 125 Å². The Morgan fingerprint density at radius 3 is 2.68 bits per heavy atom. The van der Waals surface area contributed by atoms with E-state index < -0.39 is 0 Å². The van der Waals surface area contributed by atoms with Gasteiger partial charge in [-0.3, -0.25) is 9.48 Å². The molecule has 1 aromatic heterocycles. The maximum absolute atomic E-state index is 11.7. The highest BCUT2D eigenvalue weighted by atomic mass is 35.5. The third-order valence-electron chi connectivity index (χ3n) is 2.37. The van der Waals surface area contributed by atoms with Gasteiger partial charge in [-0.15, -0.1) is 0 Å². The van der Waals surface area contributed by atoms with E-state index in [4.69, 9.17) is 34.8 Å². The van der Waals surface area contributed by atoms with Crippen LogP contribution in [-0.4, -0.2) is 15.7 Å². The molecular formula is C12H10Cl3N3O. The molecule has 1 N–H and O–H groups in total. The third-order valence-corrected chi connectivity index (χ3v) is 3.31. The lowest BCUT2D eigenvalue weighted by Crippen LogP contribution is -2.14. The summed E-state index contributed by atoms with van der Waals surface area (Å²) in [5, 5.41) is 8.11. The van der Waals surface area contributed by atoms with Crippen LogP contribution in [0.4, 0.5) is 5.69 Å². The number of amides is 1. The van der Waals surface area contributed by atoms with E-state index in [1.54, 1.807) is 29.1 Å². The van der Waals surface area contributed by atoms with E-state index in [9.17, 15) is 4.79 Å². The molecule has 19 heavy (non-hydrogen) atoms. The average molecular weight is 319 g/mol. The highest BCUT2D eigenvalue weighted by molar-refractivity contribution is 6.42.